The van der Waals surface area contributed by atoms with Crippen molar-refractivity contribution in [3.8, 4) is 5.69 Å². The van der Waals surface area contributed by atoms with Gasteiger partial charge >= 0.3 is 6.03 Å². The van der Waals surface area contributed by atoms with Gasteiger partial charge in [0.05, 0.1) is 6.54 Å². The summed E-state index contributed by atoms with van der Waals surface area (Å²) in [6.07, 6.45) is 0.401. The van der Waals surface area contributed by atoms with Crippen LogP contribution in [0.4, 0.5) is 4.79 Å². The molecule has 0 spiro atoms. The zero-order valence-corrected chi connectivity index (χ0v) is 17.9. The number of nitrogens with one attached hydrogen (secondary N) is 1. The van der Waals surface area contributed by atoms with Gasteiger partial charge in [0.15, 0.2) is 5.78 Å². The Morgan fingerprint density at radius 1 is 0.968 bits per heavy atom. The third-order valence-corrected chi connectivity index (χ3v) is 5.72. The van der Waals surface area contributed by atoms with E-state index in [-0.39, 0.29) is 18.2 Å². The molecule has 0 unspecified atom stereocenters. The zero-order valence-electron chi connectivity index (χ0n) is 17.9. The Morgan fingerprint density at radius 3 is 2.32 bits per heavy atom. The van der Waals surface area contributed by atoms with Gasteiger partial charge in [0.2, 0.25) is 0 Å². The highest BCUT2D eigenvalue weighted by Gasteiger charge is 2.39. The predicted octanol–water partition coefficient (Wildman–Crippen LogP) is 3.75. The van der Waals surface area contributed by atoms with Gasteiger partial charge in [-0.15, -0.1) is 0 Å². The average molecular weight is 415 g/mol. The lowest BCUT2D eigenvalue weighted by atomic mass is 10.1. The molecule has 1 aromatic heterocycles. The van der Waals surface area contributed by atoms with Crippen molar-refractivity contribution < 1.29 is 14.4 Å². The molecule has 0 radical (unpaired) electrons. The van der Waals surface area contributed by atoms with E-state index in [1.165, 1.54) is 0 Å². The highest BCUT2D eigenvalue weighted by Crippen LogP contribution is 2.22. The number of ketones is 1. The van der Waals surface area contributed by atoms with Crippen molar-refractivity contribution in [2.45, 2.75) is 33.2 Å². The molecule has 1 fully saturated rings. The second-order valence-corrected chi connectivity index (χ2v) is 8.00. The number of Topliss-reactive ketones (excluding diaryl/α,β-unsaturated/α-hetero) is 1. The van der Waals surface area contributed by atoms with Crippen LogP contribution in [0.3, 0.4) is 0 Å². The molecule has 1 N–H and O–H groups in total. The summed E-state index contributed by atoms with van der Waals surface area (Å²) in [4.78, 5) is 39.2. The number of hydrogen-bond acceptors (Lipinski definition) is 3. The van der Waals surface area contributed by atoms with Gasteiger partial charge in [-0.1, -0.05) is 48.0 Å². The number of urea groups is 1. The van der Waals surface area contributed by atoms with Crippen LogP contribution in [-0.4, -0.2) is 39.8 Å². The molecule has 1 aliphatic heterocycles. The summed E-state index contributed by atoms with van der Waals surface area (Å²) in [5.74, 6) is -0.620. The fourth-order valence-corrected chi connectivity index (χ4v) is 4.08. The highest BCUT2D eigenvalue weighted by atomic mass is 16.2. The summed E-state index contributed by atoms with van der Waals surface area (Å²) in [6.45, 7) is 5.57. The molecule has 3 aromatic rings. The Labute approximate surface area is 181 Å². The summed E-state index contributed by atoms with van der Waals surface area (Å²) in [5.41, 5.74) is 5.31. The van der Waals surface area contributed by atoms with Crippen molar-refractivity contribution in [1.82, 2.24) is 14.8 Å². The second kappa shape index (κ2) is 8.22. The van der Waals surface area contributed by atoms with E-state index in [0.29, 0.717) is 12.0 Å². The second-order valence-electron chi connectivity index (χ2n) is 8.00. The molecule has 0 saturated carbocycles. The van der Waals surface area contributed by atoms with Crippen LogP contribution in [0.15, 0.2) is 60.7 Å². The first-order valence-corrected chi connectivity index (χ1v) is 10.3. The van der Waals surface area contributed by atoms with E-state index in [1.54, 1.807) is 0 Å². The predicted molar refractivity (Wildman–Crippen MR) is 118 cm³/mol. The molecule has 6 nitrogen and oxygen atoms in total. The number of imide groups is 1. The fraction of sp³-hybridized carbons (Fsp3) is 0.240. The molecular weight excluding hydrogens is 390 g/mol. The summed E-state index contributed by atoms with van der Waals surface area (Å²) in [5, 5.41) is 2.70. The normalized spacial score (nSPS) is 16.0. The van der Waals surface area contributed by atoms with E-state index in [0.717, 1.165) is 33.1 Å². The molecule has 4 rings (SSSR count). The standard InChI is InChI=1S/C25H25N3O3/c1-16-9-11-20(12-10-16)28-17(2)13-21(18(28)3)23(29)15-27-24(30)22(26-25(27)31)14-19-7-5-4-6-8-19/h4-13,22H,14-15H2,1-3H3,(H,26,31)/t22-/m0/s1. The largest absolute Gasteiger partial charge is 0.325 e. The topological polar surface area (TPSA) is 71.4 Å². The summed E-state index contributed by atoms with van der Waals surface area (Å²) in [7, 11) is 0. The number of nitrogens with zero attached hydrogens (tertiary/aromatic N) is 2. The molecule has 31 heavy (non-hydrogen) atoms. The van der Waals surface area contributed by atoms with Gasteiger partial charge < -0.3 is 9.88 Å². The van der Waals surface area contributed by atoms with Crippen molar-refractivity contribution in [2.24, 2.45) is 0 Å². The Bertz CT molecular complexity index is 1150. The molecule has 1 aliphatic rings. The number of aromatic nitrogens is 1. The molecule has 1 atom stereocenters. The fourth-order valence-electron chi connectivity index (χ4n) is 4.08. The number of rotatable bonds is 6. The van der Waals surface area contributed by atoms with E-state index in [2.05, 4.69) is 5.32 Å². The van der Waals surface area contributed by atoms with Crippen molar-refractivity contribution in [3.63, 3.8) is 0 Å². The molecule has 6 heteroatoms. The SMILES string of the molecule is Cc1ccc(-n2c(C)cc(C(=O)CN3C(=O)N[C@@H](Cc4ccccc4)C3=O)c2C)cc1. The van der Waals surface area contributed by atoms with E-state index >= 15 is 0 Å². The molecule has 2 heterocycles. The molecule has 0 bridgehead atoms. The Hall–Kier alpha value is -3.67. The van der Waals surface area contributed by atoms with Gasteiger partial charge in [0.25, 0.3) is 5.91 Å². The third-order valence-electron chi connectivity index (χ3n) is 5.72. The van der Waals surface area contributed by atoms with Crippen LogP contribution in [0.5, 0.6) is 0 Å². The summed E-state index contributed by atoms with van der Waals surface area (Å²) in [6, 6.07) is 18.2. The number of carbonyl (C=O) groups is 3. The molecule has 3 amide bonds. The van der Waals surface area contributed by atoms with Crippen LogP contribution < -0.4 is 5.32 Å². The minimum Gasteiger partial charge on any atom is -0.325 e. The zero-order chi connectivity index (χ0) is 22.1. The quantitative estimate of drug-likeness (QED) is 0.492. The van der Waals surface area contributed by atoms with Crippen molar-refractivity contribution in [1.29, 1.82) is 0 Å². The van der Waals surface area contributed by atoms with Crippen LogP contribution in [0, 0.1) is 20.8 Å². The average Bonchev–Trinajstić information content (AvgIpc) is 3.19. The third kappa shape index (κ3) is 4.01. The van der Waals surface area contributed by atoms with Crippen molar-refractivity contribution in [2.75, 3.05) is 6.54 Å². The Morgan fingerprint density at radius 2 is 1.65 bits per heavy atom. The van der Waals surface area contributed by atoms with Gasteiger partial charge in [-0.3, -0.25) is 14.5 Å². The van der Waals surface area contributed by atoms with Gasteiger partial charge in [0, 0.05) is 29.1 Å². The summed E-state index contributed by atoms with van der Waals surface area (Å²) < 4.78 is 2.01. The van der Waals surface area contributed by atoms with E-state index < -0.39 is 12.1 Å². The van der Waals surface area contributed by atoms with E-state index in [9.17, 15) is 14.4 Å². The van der Waals surface area contributed by atoms with Gasteiger partial charge in [-0.2, -0.15) is 0 Å². The number of hydrogen-bond donors (Lipinski definition) is 1. The van der Waals surface area contributed by atoms with Crippen LogP contribution in [0.25, 0.3) is 5.69 Å². The molecule has 1 saturated heterocycles. The lowest BCUT2D eigenvalue weighted by Gasteiger charge is -2.13. The van der Waals surface area contributed by atoms with Crippen molar-refractivity contribution >= 4 is 17.7 Å². The van der Waals surface area contributed by atoms with E-state index in [4.69, 9.17) is 0 Å². The molecular formula is C25H25N3O3. The lowest BCUT2D eigenvalue weighted by Crippen LogP contribution is -2.36. The van der Waals surface area contributed by atoms with E-state index in [1.807, 2.05) is 86.0 Å². The molecule has 2 aromatic carbocycles. The monoisotopic (exact) mass is 415 g/mol. The van der Waals surface area contributed by atoms with Crippen LogP contribution in [-0.2, 0) is 11.2 Å². The number of benzene rings is 2. The smallest absolute Gasteiger partial charge is 0.325 e. The first kappa shape index (κ1) is 20.6. The summed E-state index contributed by atoms with van der Waals surface area (Å²) >= 11 is 0. The van der Waals surface area contributed by atoms with Gasteiger partial charge in [0.1, 0.15) is 6.04 Å². The first-order chi connectivity index (χ1) is 14.8. The Balaban J connectivity index is 1.52. The van der Waals surface area contributed by atoms with Gasteiger partial charge in [-0.05, 0) is 44.5 Å². The van der Waals surface area contributed by atoms with Crippen molar-refractivity contribution in [3.05, 3.63) is 88.7 Å². The number of carbonyl (C=O) groups excluding carboxylic acids is 3. The maximum Gasteiger partial charge on any atom is 0.325 e. The van der Waals surface area contributed by atoms with Crippen LogP contribution in [0.1, 0.15) is 32.9 Å². The minimum atomic E-state index is -0.650. The maximum absolute atomic E-state index is 13.0. The molecule has 158 valence electrons. The minimum absolute atomic E-state index is 0.254. The van der Waals surface area contributed by atoms with Crippen LogP contribution >= 0.6 is 0 Å². The number of amides is 3. The maximum atomic E-state index is 13.0. The van der Waals surface area contributed by atoms with Crippen LogP contribution in [0.2, 0.25) is 0 Å². The van der Waals surface area contributed by atoms with Gasteiger partial charge in [-0.25, -0.2) is 4.79 Å². The first-order valence-electron chi connectivity index (χ1n) is 10.3. The highest BCUT2D eigenvalue weighted by molar-refractivity contribution is 6.09. The number of aryl methyl sites for hydroxylation is 2. The lowest BCUT2D eigenvalue weighted by molar-refractivity contribution is -0.127. The molecule has 0 aliphatic carbocycles. The Kier molecular flexibility index (Phi) is 5.46.